The van der Waals surface area contributed by atoms with E-state index in [1.165, 1.54) is 41.5 Å². The van der Waals surface area contributed by atoms with Crippen LogP contribution in [0.25, 0.3) is 11.1 Å². The molecule has 0 saturated carbocycles. The van der Waals surface area contributed by atoms with E-state index in [0.29, 0.717) is 17.4 Å². The van der Waals surface area contributed by atoms with Crippen LogP contribution >= 0.6 is 0 Å². The van der Waals surface area contributed by atoms with Gasteiger partial charge in [0.15, 0.2) is 0 Å². The zero-order valence-electron chi connectivity index (χ0n) is 17.1. The third-order valence-corrected chi connectivity index (χ3v) is 5.88. The summed E-state index contributed by atoms with van der Waals surface area (Å²) in [6.45, 7) is 4.49. The number of hydrogen-bond acceptors (Lipinski definition) is 2. The topological polar surface area (TPSA) is 40.5 Å². The lowest BCUT2D eigenvalue weighted by atomic mass is 9.87. The zero-order valence-corrected chi connectivity index (χ0v) is 17.1. The van der Waals surface area contributed by atoms with Gasteiger partial charge in [-0.3, -0.25) is 0 Å². The van der Waals surface area contributed by atoms with E-state index in [4.69, 9.17) is 0 Å². The normalized spacial score (nSPS) is 15.1. The molecule has 148 valence electrons. The van der Waals surface area contributed by atoms with Crippen molar-refractivity contribution in [2.75, 3.05) is 0 Å². The summed E-state index contributed by atoms with van der Waals surface area (Å²) in [6, 6.07) is 13.5. The van der Waals surface area contributed by atoms with Crippen LogP contribution in [0.2, 0.25) is 0 Å². The lowest BCUT2D eigenvalue weighted by molar-refractivity contribution is 0.426. The summed E-state index contributed by atoms with van der Waals surface area (Å²) in [4.78, 5) is 0. The van der Waals surface area contributed by atoms with Crippen LogP contribution in [0.5, 0.6) is 11.5 Å². The second-order valence-corrected chi connectivity index (χ2v) is 7.88. The summed E-state index contributed by atoms with van der Waals surface area (Å²) in [7, 11) is 0. The van der Waals surface area contributed by atoms with Gasteiger partial charge in [-0.1, -0.05) is 69.9 Å². The Labute approximate surface area is 169 Å². The highest BCUT2D eigenvalue weighted by Gasteiger charge is 2.14. The van der Waals surface area contributed by atoms with Gasteiger partial charge in [0.1, 0.15) is 11.5 Å². The van der Waals surface area contributed by atoms with Crippen molar-refractivity contribution in [1.82, 2.24) is 0 Å². The molecule has 0 radical (unpaired) electrons. The maximum Gasteiger partial charge on any atom is 0.118 e. The Balaban J connectivity index is 1.71. The molecule has 1 atom stereocenters. The molecule has 1 unspecified atom stereocenters. The Bertz CT molecular complexity index is 843. The summed E-state index contributed by atoms with van der Waals surface area (Å²) in [5, 5.41) is 19.8. The van der Waals surface area contributed by atoms with Crippen molar-refractivity contribution in [1.29, 1.82) is 0 Å². The Hall–Kier alpha value is -2.48. The summed E-state index contributed by atoms with van der Waals surface area (Å²) in [5.41, 5.74) is 6.09. The average Bonchev–Trinajstić information content (AvgIpc) is 2.73. The highest BCUT2D eigenvalue weighted by molar-refractivity contribution is 5.78. The van der Waals surface area contributed by atoms with Crippen LogP contribution in [0.15, 0.2) is 54.6 Å². The van der Waals surface area contributed by atoms with Crippen LogP contribution in [0.3, 0.4) is 0 Å². The molecule has 2 aromatic carbocycles. The monoisotopic (exact) mass is 376 g/mol. The Morgan fingerprint density at radius 1 is 0.857 bits per heavy atom. The molecule has 1 aliphatic carbocycles. The Kier molecular flexibility index (Phi) is 6.97. The average molecular weight is 377 g/mol. The Morgan fingerprint density at radius 3 is 2.11 bits per heavy atom. The lowest BCUT2D eigenvalue weighted by Gasteiger charge is -2.18. The van der Waals surface area contributed by atoms with E-state index >= 15 is 0 Å². The summed E-state index contributed by atoms with van der Waals surface area (Å²) < 4.78 is 0. The van der Waals surface area contributed by atoms with Crippen molar-refractivity contribution in [3.63, 3.8) is 0 Å². The van der Waals surface area contributed by atoms with Crippen LogP contribution in [0, 0.1) is 5.92 Å². The third kappa shape index (κ3) is 5.07. The molecule has 0 heterocycles. The van der Waals surface area contributed by atoms with E-state index in [1.807, 2.05) is 24.3 Å². The van der Waals surface area contributed by atoms with E-state index in [9.17, 15) is 10.2 Å². The van der Waals surface area contributed by atoms with Crippen LogP contribution < -0.4 is 0 Å². The number of hydrogen-bond donors (Lipinski definition) is 2. The van der Waals surface area contributed by atoms with Crippen LogP contribution in [-0.2, 0) is 6.42 Å². The highest BCUT2D eigenvalue weighted by atomic mass is 16.3. The molecule has 0 aromatic heterocycles. The van der Waals surface area contributed by atoms with E-state index < -0.39 is 0 Å². The summed E-state index contributed by atoms with van der Waals surface area (Å²) in [5.74, 6) is 1.37. The fourth-order valence-corrected chi connectivity index (χ4v) is 3.98. The summed E-state index contributed by atoms with van der Waals surface area (Å²) >= 11 is 0. The van der Waals surface area contributed by atoms with Crippen molar-refractivity contribution in [2.45, 2.75) is 58.8 Å². The molecular weight excluding hydrogens is 344 g/mol. The maximum atomic E-state index is 10.4. The molecule has 2 N–H and O–H groups in total. The standard InChI is InChI=1S/C26H32O2/c1-3-5-6-19(4-2)17-24-18-23(13-16-26(24)28)22-9-7-20(8-10-22)21-11-14-25(27)15-12-21/h7,10-16,18-19,27-28H,3-6,8-9,17H2,1-2H3. The largest absolute Gasteiger partial charge is 0.508 e. The first-order valence-electron chi connectivity index (χ1n) is 10.6. The number of aromatic hydroxyl groups is 2. The van der Waals surface area contributed by atoms with E-state index in [0.717, 1.165) is 31.2 Å². The molecule has 2 nitrogen and oxygen atoms in total. The molecule has 0 saturated heterocycles. The molecule has 0 bridgehead atoms. The fraction of sp³-hybridized carbons (Fsp3) is 0.385. The van der Waals surface area contributed by atoms with Gasteiger partial charge in [0.05, 0.1) is 0 Å². The first kappa shape index (κ1) is 20.3. The quantitative estimate of drug-likeness (QED) is 0.515. The second kappa shape index (κ2) is 9.64. The molecule has 0 fully saturated rings. The van der Waals surface area contributed by atoms with Crippen LogP contribution in [0.1, 0.15) is 69.1 Å². The van der Waals surface area contributed by atoms with E-state index in [-0.39, 0.29) is 0 Å². The van der Waals surface area contributed by atoms with Crippen LogP contribution in [-0.4, -0.2) is 10.2 Å². The van der Waals surface area contributed by atoms with E-state index in [2.05, 4.69) is 32.1 Å². The smallest absolute Gasteiger partial charge is 0.118 e. The number of rotatable bonds is 8. The second-order valence-electron chi connectivity index (χ2n) is 7.88. The predicted molar refractivity (Wildman–Crippen MR) is 118 cm³/mol. The molecule has 2 heteroatoms. The van der Waals surface area contributed by atoms with Gasteiger partial charge in [0.25, 0.3) is 0 Å². The number of unbranched alkanes of at least 4 members (excludes halogenated alkanes) is 1. The minimum absolute atomic E-state index is 0.303. The minimum atomic E-state index is 0.303. The van der Waals surface area contributed by atoms with Gasteiger partial charge in [0.2, 0.25) is 0 Å². The zero-order chi connectivity index (χ0) is 19.9. The number of benzene rings is 2. The maximum absolute atomic E-state index is 10.4. The van der Waals surface area contributed by atoms with Gasteiger partial charge in [-0.2, -0.15) is 0 Å². The number of phenolic OH excluding ortho intramolecular Hbond substituents is 2. The van der Waals surface area contributed by atoms with Gasteiger partial charge in [-0.05, 0) is 77.3 Å². The molecule has 28 heavy (non-hydrogen) atoms. The molecular formula is C26H32O2. The molecule has 0 aliphatic heterocycles. The SMILES string of the molecule is CCCCC(CC)Cc1cc(C2=CCC(c3ccc(O)cc3)=CC2)ccc1O. The van der Waals surface area contributed by atoms with Gasteiger partial charge >= 0.3 is 0 Å². The molecule has 3 rings (SSSR count). The van der Waals surface area contributed by atoms with Gasteiger partial charge < -0.3 is 10.2 Å². The van der Waals surface area contributed by atoms with Crippen molar-refractivity contribution in [2.24, 2.45) is 5.92 Å². The third-order valence-electron chi connectivity index (χ3n) is 5.88. The fourth-order valence-electron chi connectivity index (χ4n) is 3.98. The first-order chi connectivity index (χ1) is 13.6. The van der Waals surface area contributed by atoms with Crippen molar-refractivity contribution in [3.05, 3.63) is 71.3 Å². The molecule has 0 spiro atoms. The first-order valence-corrected chi connectivity index (χ1v) is 10.6. The summed E-state index contributed by atoms with van der Waals surface area (Å²) in [6.07, 6.45) is 12.2. The minimum Gasteiger partial charge on any atom is -0.508 e. The van der Waals surface area contributed by atoms with Crippen LogP contribution in [0.4, 0.5) is 0 Å². The molecule has 1 aliphatic rings. The van der Waals surface area contributed by atoms with Gasteiger partial charge in [-0.15, -0.1) is 0 Å². The molecule has 0 amide bonds. The molecule has 2 aromatic rings. The van der Waals surface area contributed by atoms with Crippen molar-refractivity contribution < 1.29 is 10.2 Å². The number of phenols is 2. The highest BCUT2D eigenvalue weighted by Crippen LogP contribution is 2.34. The van der Waals surface area contributed by atoms with Crippen molar-refractivity contribution >= 4 is 11.1 Å². The van der Waals surface area contributed by atoms with Gasteiger partial charge in [-0.25, -0.2) is 0 Å². The number of allylic oxidation sites excluding steroid dienone is 4. The Morgan fingerprint density at radius 2 is 1.50 bits per heavy atom. The van der Waals surface area contributed by atoms with Crippen molar-refractivity contribution in [3.8, 4) is 11.5 Å². The predicted octanol–water partition coefficient (Wildman–Crippen LogP) is 7.12. The van der Waals surface area contributed by atoms with E-state index in [1.54, 1.807) is 12.1 Å². The lowest BCUT2D eigenvalue weighted by Crippen LogP contribution is -2.04. The van der Waals surface area contributed by atoms with Gasteiger partial charge in [0, 0.05) is 0 Å².